The van der Waals surface area contributed by atoms with Crippen LogP contribution in [0.5, 0.6) is 0 Å². The summed E-state index contributed by atoms with van der Waals surface area (Å²) in [6.45, 7) is 4.61. The molecule has 0 N–H and O–H groups in total. The third-order valence-corrected chi connectivity index (χ3v) is 7.27. The summed E-state index contributed by atoms with van der Waals surface area (Å²) in [5.74, 6) is 3.25. The van der Waals surface area contributed by atoms with Crippen LogP contribution in [0.2, 0.25) is 0 Å². The van der Waals surface area contributed by atoms with E-state index in [9.17, 15) is 13.2 Å². The second-order valence-electron chi connectivity index (χ2n) is 7.48. The van der Waals surface area contributed by atoms with Gasteiger partial charge in [-0.2, -0.15) is 13.2 Å². The van der Waals surface area contributed by atoms with Crippen molar-refractivity contribution in [2.75, 3.05) is 0 Å². The van der Waals surface area contributed by atoms with Gasteiger partial charge in [0.25, 0.3) is 0 Å². The lowest BCUT2D eigenvalue weighted by Crippen LogP contribution is -2.42. The van der Waals surface area contributed by atoms with Crippen molar-refractivity contribution in [3.8, 4) is 0 Å². The van der Waals surface area contributed by atoms with Gasteiger partial charge in [0.15, 0.2) is 0 Å². The Hall–Kier alpha value is -0.210. The number of hydrogen-bond donors (Lipinski definition) is 0. The fraction of sp³-hybridized carbons (Fsp3) is 1.00. The minimum Gasteiger partial charge on any atom is -0.171 e. The molecule has 4 saturated carbocycles. The number of fused-ring (bicyclic) bond motifs is 9. The molecule has 0 radical (unpaired) electrons. The Morgan fingerprint density at radius 1 is 0.778 bits per heavy atom. The van der Waals surface area contributed by atoms with E-state index in [2.05, 4.69) is 13.8 Å². The SMILES string of the molecule is CC1C(C)C2CC1C1C3CC(C21)C(C(F)(F)F)C3. The molecule has 4 bridgehead atoms. The van der Waals surface area contributed by atoms with E-state index in [-0.39, 0.29) is 5.92 Å². The maximum atomic E-state index is 13.1. The molecule has 0 nitrogen and oxygen atoms in total. The van der Waals surface area contributed by atoms with Gasteiger partial charge in [-0.05, 0) is 66.6 Å². The molecule has 3 heteroatoms. The van der Waals surface area contributed by atoms with Gasteiger partial charge in [0.05, 0.1) is 5.92 Å². The molecule has 0 saturated heterocycles. The Balaban J connectivity index is 1.66. The highest BCUT2D eigenvalue weighted by molar-refractivity contribution is 5.14. The molecule has 4 fully saturated rings. The van der Waals surface area contributed by atoms with Gasteiger partial charge in [-0.1, -0.05) is 13.8 Å². The molecule has 0 amide bonds. The van der Waals surface area contributed by atoms with Crippen molar-refractivity contribution in [1.82, 2.24) is 0 Å². The minimum atomic E-state index is -3.94. The molecule has 0 aromatic heterocycles. The summed E-state index contributed by atoms with van der Waals surface area (Å²) in [5.41, 5.74) is 0. The van der Waals surface area contributed by atoms with E-state index in [1.54, 1.807) is 0 Å². The molecule has 9 atom stereocenters. The first kappa shape index (κ1) is 11.6. The smallest absolute Gasteiger partial charge is 0.171 e. The fourth-order valence-corrected chi connectivity index (χ4v) is 6.60. The van der Waals surface area contributed by atoms with E-state index in [1.165, 1.54) is 6.42 Å². The molecule has 9 unspecified atom stereocenters. The van der Waals surface area contributed by atoms with Crippen LogP contribution in [0.1, 0.15) is 33.1 Å². The zero-order chi connectivity index (χ0) is 12.8. The summed E-state index contributed by atoms with van der Waals surface area (Å²) >= 11 is 0. The normalized spacial score (nSPS) is 61.5. The highest BCUT2D eigenvalue weighted by Gasteiger charge is 2.68. The Morgan fingerprint density at radius 2 is 1.39 bits per heavy atom. The van der Waals surface area contributed by atoms with Gasteiger partial charge in [-0.15, -0.1) is 0 Å². The molecule has 4 aliphatic carbocycles. The molecule has 0 aromatic carbocycles. The first-order valence-electron chi connectivity index (χ1n) is 7.46. The monoisotopic (exact) mass is 258 g/mol. The summed E-state index contributed by atoms with van der Waals surface area (Å²) in [6.07, 6.45) is -1.39. The van der Waals surface area contributed by atoms with Crippen molar-refractivity contribution in [2.24, 2.45) is 53.3 Å². The average Bonchev–Trinajstić information content (AvgIpc) is 2.97. The van der Waals surface area contributed by atoms with Crippen molar-refractivity contribution >= 4 is 0 Å². The summed E-state index contributed by atoms with van der Waals surface area (Å²) < 4.78 is 39.3. The van der Waals surface area contributed by atoms with Crippen LogP contribution in [0, 0.1) is 53.3 Å². The highest BCUT2D eigenvalue weighted by atomic mass is 19.4. The molecular weight excluding hydrogens is 237 g/mol. The van der Waals surface area contributed by atoms with Crippen LogP contribution in [0.4, 0.5) is 13.2 Å². The second-order valence-corrected chi connectivity index (χ2v) is 7.48. The summed E-state index contributed by atoms with van der Waals surface area (Å²) in [5, 5.41) is 0. The lowest BCUT2D eigenvalue weighted by molar-refractivity contribution is -0.198. The predicted molar refractivity (Wildman–Crippen MR) is 62.7 cm³/mol. The Kier molecular flexibility index (Phi) is 2.11. The largest absolute Gasteiger partial charge is 0.392 e. The highest BCUT2D eigenvalue weighted by Crippen LogP contribution is 2.72. The van der Waals surface area contributed by atoms with Crippen molar-refractivity contribution < 1.29 is 13.2 Å². The van der Waals surface area contributed by atoms with E-state index in [4.69, 9.17) is 0 Å². The number of rotatable bonds is 0. The maximum Gasteiger partial charge on any atom is 0.392 e. The minimum absolute atomic E-state index is 0.0232. The van der Waals surface area contributed by atoms with E-state index < -0.39 is 12.1 Å². The third-order valence-electron chi connectivity index (χ3n) is 7.27. The maximum absolute atomic E-state index is 13.1. The van der Waals surface area contributed by atoms with Crippen molar-refractivity contribution in [2.45, 2.75) is 39.3 Å². The first-order chi connectivity index (χ1) is 8.39. The lowest BCUT2D eigenvalue weighted by atomic mass is 9.62. The average molecular weight is 258 g/mol. The van der Waals surface area contributed by atoms with Gasteiger partial charge in [0.2, 0.25) is 0 Å². The van der Waals surface area contributed by atoms with Crippen LogP contribution >= 0.6 is 0 Å². The second kappa shape index (κ2) is 3.27. The quantitative estimate of drug-likeness (QED) is 0.566. The summed E-state index contributed by atoms with van der Waals surface area (Å²) in [7, 11) is 0. The molecule has 0 aliphatic heterocycles. The molecule has 4 rings (SSSR count). The van der Waals surface area contributed by atoms with Crippen LogP contribution in [0.3, 0.4) is 0 Å². The predicted octanol–water partition coefficient (Wildman–Crippen LogP) is 4.36. The molecule has 4 aliphatic rings. The topological polar surface area (TPSA) is 0 Å². The fourth-order valence-electron chi connectivity index (χ4n) is 6.60. The molecule has 0 spiro atoms. The molecule has 0 aromatic rings. The first-order valence-corrected chi connectivity index (χ1v) is 7.46. The van der Waals surface area contributed by atoms with Crippen LogP contribution < -0.4 is 0 Å². The molecule has 0 heterocycles. The van der Waals surface area contributed by atoms with Gasteiger partial charge >= 0.3 is 6.18 Å². The third kappa shape index (κ3) is 1.19. The van der Waals surface area contributed by atoms with Crippen molar-refractivity contribution in [3.05, 3.63) is 0 Å². The van der Waals surface area contributed by atoms with Gasteiger partial charge in [-0.25, -0.2) is 0 Å². The van der Waals surface area contributed by atoms with Crippen LogP contribution in [0.25, 0.3) is 0 Å². The van der Waals surface area contributed by atoms with Gasteiger partial charge < -0.3 is 0 Å². The van der Waals surface area contributed by atoms with Crippen LogP contribution in [0.15, 0.2) is 0 Å². The van der Waals surface area contributed by atoms with Crippen LogP contribution in [-0.2, 0) is 0 Å². The number of hydrogen-bond acceptors (Lipinski definition) is 0. The number of alkyl halides is 3. The van der Waals surface area contributed by atoms with Gasteiger partial charge in [0.1, 0.15) is 0 Å². The van der Waals surface area contributed by atoms with E-state index in [0.29, 0.717) is 36.0 Å². The van der Waals surface area contributed by atoms with E-state index in [1.807, 2.05) is 0 Å². The molecular formula is C15H21F3. The summed E-state index contributed by atoms with van der Waals surface area (Å²) in [4.78, 5) is 0. The Morgan fingerprint density at radius 3 is 2.00 bits per heavy atom. The standard InChI is InChI=1S/C15H21F3/c1-6-7(2)10-5-9(6)13-8-3-11(14(10)13)12(4-8)15(16,17)18/h6-14H,3-5H2,1-2H3. The molecule has 102 valence electrons. The van der Waals surface area contributed by atoms with Crippen molar-refractivity contribution in [3.63, 3.8) is 0 Å². The van der Waals surface area contributed by atoms with E-state index in [0.717, 1.165) is 18.3 Å². The lowest BCUT2D eigenvalue weighted by Gasteiger charge is -2.43. The number of halogens is 3. The zero-order valence-corrected chi connectivity index (χ0v) is 11.0. The summed E-state index contributed by atoms with van der Waals surface area (Å²) in [6, 6.07) is 0. The Labute approximate surface area is 106 Å². The Bertz CT molecular complexity index is 374. The van der Waals surface area contributed by atoms with Crippen molar-refractivity contribution in [1.29, 1.82) is 0 Å². The zero-order valence-electron chi connectivity index (χ0n) is 11.0. The van der Waals surface area contributed by atoms with E-state index >= 15 is 0 Å². The van der Waals surface area contributed by atoms with Gasteiger partial charge in [-0.3, -0.25) is 0 Å². The molecule has 18 heavy (non-hydrogen) atoms. The van der Waals surface area contributed by atoms with Crippen LogP contribution in [-0.4, -0.2) is 6.18 Å². The van der Waals surface area contributed by atoms with Gasteiger partial charge in [0, 0.05) is 0 Å².